The number of aryl methyl sites for hydroxylation is 3. The molecule has 0 bridgehead atoms. The van der Waals surface area contributed by atoms with E-state index in [1.165, 1.54) is 0 Å². The van der Waals surface area contributed by atoms with E-state index < -0.39 is 0 Å². The monoisotopic (exact) mass is 482 g/mol. The van der Waals surface area contributed by atoms with E-state index in [0.717, 1.165) is 50.4 Å². The number of allylic oxidation sites excluding steroid dienone is 3. The summed E-state index contributed by atoms with van der Waals surface area (Å²) < 4.78 is 13.1. The van der Waals surface area contributed by atoms with Crippen LogP contribution in [0, 0.1) is 13.8 Å². The second-order valence-electron chi connectivity index (χ2n) is 8.95. The van der Waals surface area contributed by atoms with E-state index in [0.29, 0.717) is 25.6 Å². The van der Waals surface area contributed by atoms with Crippen LogP contribution in [0.15, 0.2) is 71.6 Å². The Hall–Kier alpha value is -4.04. The minimum atomic E-state index is -0.0529. The maximum absolute atomic E-state index is 5.87. The fourth-order valence-electron chi connectivity index (χ4n) is 4.61. The summed E-state index contributed by atoms with van der Waals surface area (Å²) in [7, 11) is 1.89. The van der Waals surface area contributed by atoms with Gasteiger partial charge in [-0.2, -0.15) is 5.10 Å². The number of fused-ring (bicyclic) bond motifs is 1. The molecule has 184 valence electrons. The molecule has 0 saturated carbocycles. The average molecular weight is 483 g/mol. The zero-order valence-corrected chi connectivity index (χ0v) is 21.1. The third kappa shape index (κ3) is 4.47. The molecule has 8 nitrogen and oxygen atoms in total. The number of hydrogen-bond acceptors (Lipinski definition) is 7. The van der Waals surface area contributed by atoms with Crippen molar-refractivity contribution in [1.82, 2.24) is 24.9 Å². The lowest BCUT2D eigenvalue weighted by molar-refractivity contribution is 0.104. The van der Waals surface area contributed by atoms with Gasteiger partial charge in [0.05, 0.1) is 42.2 Å². The van der Waals surface area contributed by atoms with Crippen molar-refractivity contribution in [3.05, 3.63) is 78.5 Å². The van der Waals surface area contributed by atoms with Gasteiger partial charge in [0.2, 0.25) is 0 Å². The molecule has 0 radical (unpaired) electrons. The van der Waals surface area contributed by atoms with Crippen molar-refractivity contribution in [2.75, 3.05) is 24.7 Å². The largest absolute Gasteiger partial charge is 0.377 e. The van der Waals surface area contributed by atoms with E-state index in [1.807, 2.05) is 64.4 Å². The fraction of sp³-hybridized carbons (Fsp3) is 0.286. The predicted molar refractivity (Wildman–Crippen MR) is 142 cm³/mol. The van der Waals surface area contributed by atoms with Gasteiger partial charge in [-0.25, -0.2) is 9.97 Å². The molecule has 0 aliphatic carbocycles. The van der Waals surface area contributed by atoms with E-state index in [-0.39, 0.29) is 6.04 Å². The highest BCUT2D eigenvalue weighted by Gasteiger charge is 2.28. The lowest BCUT2D eigenvalue weighted by Gasteiger charge is -2.37. The number of aromatic nitrogens is 5. The molecule has 1 fully saturated rings. The maximum atomic E-state index is 5.87. The van der Waals surface area contributed by atoms with Crippen molar-refractivity contribution in [2.24, 2.45) is 7.05 Å². The van der Waals surface area contributed by atoms with Crippen molar-refractivity contribution in [3.8, 4) is 22.5 Å². The van der Waals surface area contributed by atoms with Crippen LogP contribution in [0.5, 0.6) is 0 Å². The van der Waals surface area contributed by atoms with Crippen LogP contribution >= 0.6 is 0 Å². The number of nitrogens with zero attached hydrogens (tertiary/aromatic N) is 6. The Morgan fingerprint density at radius 2 is 2.03 bits per heavy atom. The van der Waals surface area contributed by atoms with Crippen LogP contribution in [0.2, 0.25) is 0 Å². The lowest BCUT2D eigenvalue weighted by atomic mass is 10.0. The van der Waals surface area contributed by atoms with Crippen LogP contribution in [0.25, 0.3) is 33.4 Å². The van der Waals surface area contributed by atoms with Gasteiger partial charge in [-0.3, -0.25) is 4.68 Å². The van der Waals surface area contributed by atoms with Crippen molar-refractivity contribution in [1.29, 1.82) is 0 Å². The third-order valence-corrected chi connectivity index (χ3v) is 6.40. The first-order chi connectivity index (χ1) is 17.5. The van der Waals surface area contributed by atoms with Gasteiger partial charge in [0.25, 0.3) is 0 Å². The predicted octanol–water partition coefficient (Wildman–Crippen LogP) is 5.20. The van der Waals surface area contributed by atoms with Crippen LogP contribution in [-0.4, -0.2) is 50.7 Å². The third-order valence-electron chi connectivity index (χ3n) is 6.40. The van der Waals surface area contributed by atoms with Crippen molar-refractivity contribution < 1.29 is 9.26 Å². The highest BCUT2D eigenvalue weighted by atomic mass is 16.5. The molecule has 3 aromatic heterocycles. The van der Waals surface area contributed by atoms with Gasteiger partial charge in [0.15, 0.2) is 5.82 Å². The Labute approximate surface area is 210 Å². The van der Waals surface area contributed by atoms with E-state index in [1.54, 1.807) is 10.9 Å². The molecule has 4 aromatic rings. The normalized spacial score (nSPS) is 16.6. The minimum absolute atomic E-state index is 0.0529. The summed E-state index contributed by atoms with van der Waals surface area (Å²) in [5.41, 5.74) is 5.56. The first-order valence-electron chi connectivity index (χ1n) is 12.0. The zero-order valence-electron chi connectivity index (χ0n) is 21.1. The van der Waals surface area contributed by atoms with Crippen LogP contribution in [0.3, 0.4) is 0 Å². The summed E-state index contributed by atoms with van der Waals surface area (Å²) in [4.78, 5) is 12.3. The second-order valence-corrected chi connectivity index (χ2v) is 8.95. The van der Waals surface area contributed by atoms with Crippen molar-refractivity contribution in [3.63, 3.8) is 0 Å². The maximum Gasteiger partial charge on any atom is 0.165 e. The van der Waals surface area contributed by atoms with Gasteiger partial charge < -0.3 is 14.2 Å². The van der Waals surface area contributed by atoms with Gasteiger partial charge in [-0.1, -0.05) is 42.1 Å². The molecule has 1 aromatic carbocycles. The SMILES string of the molecule is C=C(/C=C\C=C/C)C1COCCN1c1nc(-c2cnn(C)c2)nc2ccc(-c3c(C)noc3C)cc12. The summed E-state index contributed by atoms with van der Waals surface area (Å²) in [6.45, 7) is 12.1. The first kappa shape index (κ1) is 23.7. The smallest absolute Gasteiger partial charge is 0.165 e. The molecule has 1 unspecified atom stereocenters. The Balaban J connectivity index is 1.69. The summed E-state index contributed by atoms with van der Waals surface area (Å²) in [6, 6.07) is 6.18. The zero-order chi connectivity index (χ0) is 25.2. The summed E-state index contributed by atoms with van der Waals surface area (Å²) in [5.74, 6) is 2.27. The van der Waals surface area contributed by atoms with Crippen LogP contribution < -0.4 is 4.90 Å². The van der Waals surface area contributed by atoms with E-state index in [9.17, 15) is 0 Å². The van der Waals surface area contributed by atoms with Gasteiger partial charge in [-0.05, 0) is 44.0 Å². The number of rotatable bonds is 6. The number of hydrogen-bond donors (Lipinski definition) is 0. The molecule has 1 aliphatic rings. The van der Waals surface area contributed by atoms with Crippen LogP contribution in [0.1, 0.15) is 18.4 Å². The Bertz CT molecular complexity index is 1460. The second kappa shape index (κ2) is 9.91. The molecule has 1 aliphatic heterocycles. The van der Waals surface area contributed by atoms with Crippen LogP contribution in [0.4, 0.5) is 5.82 Å². The van der Waals surface area contributed by atoms with Gasteiger partial charge in [0, 0.05) is 30.7 Å². The molecule has 0 N–H and O–H groups in total. The lowest BCUT2D eigenvalue weighted by Crippen LogP contribution is -2.46. The van der Waals surface area contributed by atoms with Gasteiger partial charge in [0.1, 0.15) is 11.6 Å². The molecule has 8 heteroatoms. The van der Waals surface area contributed by atoms with Gasteiger partial charge in [-0.15, -0.1) is 0 Å². The molecule has 4 heterocycles. The number of morpholine rings is 1. The highest BCUT2D eigenvalue weighted by molar-refractivity contribution is 5.95. The Morgan fingerprint density at radius 1 is 1.17 bits per heavy atom. The molecular weight excluding hydrogens is 452 g/mol. The molecule has 1 atom stereocenters. The quantitative estimate of drug-likeness (QED) is 0.350. The summed E-state index contributed by atoms with van der Waals surface area (Å²) in [5, 5.41) is 9.42. The standard InChI is InChI=1S/C28H30N6O2/c1-6-7-8-9-18(2)25-17-35-13-12-34(25)28-23-14-21(26-19(3)32-36-20(26)4)10-11-24(23)30-27(31-28)22-15-29-33(5)16-22/h6-11,14-16,25H,2,12-13,17H2,1,3-5H3/b7-6-,9-8-. The number of ether oxygens (including phenoxy) is 1. The number of benzene rings is 1. The Morgan fingerprint density at radius 3 is 2.75 bits per heavy atom. The van der Waals surface area contributed by atoms with E-state index in [2.05, 4.69) is 33.9 Å². The molecule has 0 amide bonds. The highest BCUT2D eigenvalue weighted by Crippen LogP contribution is 2.35. The molecule has 36 heavy (non-hydrogen) atoms. The van der Waals surface area contributed by atoms with E-state index >= 15 is 0 Å². The topological polar surface area (TPSA) is 82.1 Å². The van der Waals surface area contributed by atoms with Crippen LogP contribution in [-0.2, 0) is 11.8 Å². The minimum Gasteiger partial charge on any atom is -0.377 e. The summed E-state index contributed by atoms with van der Waals surface area (Å²) >= 11 is 0. The molecule has 0 spiro atoms. The van der Waals surface area contributed by atoms with Crippen molar-refractivity contribution in [2.45, 2.75) is 26.8 Å². The molecular formula is C28H30N6O2. The van der Waals surface area contributed by atoms with E-state index in [4.69, 9.17) is 19.2 Å². The molecule has 1 saturated heterocycles. The average Bonchev–Trinajstić information content (AvgIpc) is 3.47. The van der Waals surface area contributed by atoms with Crippen molar-refractivity contribution >= 4 is 16.7 Å². The molecule has 5 rings (SSSR count). The Kier molecular flexibility index (Phi) is 6.52. The summed E-state index contributed by atoms with van der Waals surface area (Å²) in [6.07, 6.45) is 11.7. The fourth-order valence-corrected chi connectivity index (χ4v) is 4.61. The first-order valence-corrected chi connectivity index (χ1v) is 12.0. The van der Waals surface area contributed by atoms with Gasteiger partial charge >= 0.3 is 0 Å². The number of anilines is 1.